The Labute approximate surface area is 166 Å². The summed E-state index contributed by atoms with van der Waals surface area (Å²) in [6.45, 7) is 2.46. The van der Waals surface area contributed by atoms with Crippen LogP contribution in [0.3, 0.4) is 0 Å². The van der Waals surface area contributed by atoms with Gasteiger partial charge in [-0.05, 0) is 29.8 Å². The fraction of sp³-hybridized carbons (Fsp3) is 0.333. The molecule has 0 saturated heterocycles. The Bertz CT molecular complexity index is 638. The van der Waals surface area contributed by atoms with Gasteiger partial charge in [-0.3, -0.25) is 9.98 Å². The molecular formula is C18H25IN4O2. The summed E-state index contributed by atoms with van der Waals surface area (Å²) in [5.41, 5.74) is 2.02. The highest BCUT2D eigenvalue weighted by atomic mass is 127. The molecule has 0 spiro atoms. The zero-order chi connectivity index (χ0) is 17.0. The molecule has 0 fully saturated rings. The molecule has 2 N–H and O–H groups in total. The zero-order valence-electron chi connectivity index (χ0n) is 14.6. The molecule has 7 heteroatoms. The van der Waals surface area contributed by atoms with E-state index in [1.54, 1.807) is 20.4 Å². The molecule has 136 valence electrons. The van der Waals surface area contributed by atoms with Crippen LogP contribution in [0.4, 0.5) is 0 Å². The van der Waals surface area contributed by atoms with Gasteiger partial charge in [-0.15, -0.1) is 24.0 Å². The highest BCUT2D eigenvalue weighted by molar-refractivity contribution is 14.0. The van der Waals surface area contributed by atoms with Crippen molar-refractivity contribution in [3.8, 4) is 5.75 Å². The molecule has 0 bridgehead atoms. The van der Waals surface area contributed by atoms with E-state index in [2.05, 4.69) is 20.6 Å². The van der Waals surface area contributed by atoms with E-state index in [1.807, 2.05) is 42.5 Å². The van der Waals surface area contributed by atoms with Gasteiger partial charge in [-0.1, -0.05) is 18.2 Å². The number of halogens is 1. The Morgan fingerprint density at radius 3 is 2.76 bits per heavy atom. The second-order valence-corrected chi connectivity index (χ2v) is 5.10. The fourth-order valence-electron chi connectivity index (χ4n) is 2.06. The normalized spacial score (nSPS) is 10.7. The lowest BCUT2D eigenvalue weighted by atomic mass is 10.2. The summed E-state index contributed by atoms with van der Waals surface area (Å²) in [6, 6.07) is 13.8. The molecule has 6 nitrogen and oxygen atoms in total. The van der Waals surface area contributed by atoms with Crippen molar-refractivity contribution in [2.45, 2.75) is 13.2 Å². The molecule has 0 atom stereocenters. The van der Waals surface area contributed by atoms with E-state index < -0.39 is 0 Å². The number of hydrogen-bond acceptors (Lipinski definition) is 4. The average Bonchev–Trinajstić information content (AvgIpc) is 2.64. The molecule has 2 aromatic rings. The number of guanidine groups is 1. The van der Waals surface area contributed by atoms with Crippen molar-refractivity contribution >= 4 is 29.9 Å². The topological polar surface area (TPSA) is 67.8 Å². The zero-order valence-corrected chi connectivity index (χ0v) is 16.9. The number of pyridine rings is 1. The largest absolute Gasteiger partial charge is 0.487 e. The third-order valence-corrected chi connectivity index (χ3v) is 3.29. The summed E-state index contributed by atoms with van der Waals surface area (Å²) >= 11 is 0. The minimum Gasteiger partial charge on any atom is -0.487 e. The highest BCUT2D eigenvalue weighted by Gasteiger charge is 2.01. The lowest BCUT2D eigenvalue weighted by Crippen LogP contribution is -2.38. The third kappa shape index (κ3) is 8.17. The van der Waals surface area contributed by atoms with Gasteiger partial charge in [0.1, 0.15) is 12.4 Å². The van der Waals surface area contributed by atoms with E-state index in [1.165, 1.54) is 0 Å². The lowest BCUT2D eigenvalue weighted by Gasteiger charge is -2.12. The molecule has 0 aliphatic heterocycles. The predicted octanol–water partition coefficient (Wildman–Crippen LogP) is 2.59. The Kier molecular flexibility index (Phi) is 10.6. The number of rotatable bonds is 8. The van der Waals surface area contributed by atoms with Crippen molar-refractivity contribution in [1.29, 1.82) is 0 Å². The first kappa shape index (κ1) is 21.2. The van der Waals surface area contributed by atoms with Crippen LogP contribution in [0.15, 0.2) is 53.7 Å². The maximum atomic E-state index is 5.79. The lowest BCUT2D eigenvalue weighted by molar-refractivity contribution is 0.203. The molecule has 1 heterocycles. The van der Waals surface area contributed by atoms with Gasteiger partial charge >= 0.3 is 0 Å². The molecule has 0 aliphatic carbocycles. The van der Waals surface area contributed by atoms with Gasteiger partial charge in [-0.25, -0.2) is 0 Å². The van der Waals surface area contributed by atoms with E-state index in [0.29, 0.717) is 26.3 Å². The summed E-state index contributed by atoms with van der Waals surface area (Å²) in [5.74, 6) is 1.56. The molecule has 25 heavy (non-hydrogen) atoms. The molecule has 0 unspecified atom stereocenters. The van der Waals surface area contributed by atoms with E-state index in [-0.39, 0.29) is 24.0 Å². The van der Waals surface area contributed by atoms with Crippen LogP contribution in [-0.4, -0.2) is 38.3 Å². The Hall–Kier alpha value is -1.87. The minimum absolute atomic E-state index is 0. The van der Waals surface area contributed by atoms with Crippen LogP contribution < -0.4 is 15.4 Å². The second-order valence-electron chi connectivity index (χ2n) is 5.10. The summed E-state index contributed by atoms with van der Waals surface area (Å²) in [7, 11) is 3.42. The summed E-state index contributed by atoms with van der Waals surface area (Å²) < 4.78 is 10.8. The van der Waals surface area contributed by atoms with Gasteiger partial charge in [0.05, 0.1) is 12.3 Å². The van der Waals surface area contributed by atoms with Crippen molar-refractivity contribution in [2.24, 2.45) is 4.99 Å². The number of aromatic nitrogens is 1. The van der Waals surface area contributed by atoms with E-state index in [9.17, 15) is 0 Å². The average molecular weight is 456 g/mol. The summed E-state index contributed by atoms with van der Waals surface area (Å²) in [6.07, 6.45) is 1.77. The first-order valence-corrected chi connectivity index (χ1v) is 7.87. The van der Waals surface area contributed by atoms with Crippen molar-refractivity contribution in [3.63, 3.8) is 0 Å². The van der Waals surface area contributed by atoms with Crippen LogP contribution in [0.1, 0.15) is 11.3 Å². The van der Waals surface area contributed by atoms with Crippen LogP contribution in [0.25, 0.3) is 0 Å². The Balaban J connectivity index is 0.00000312. The first-order valence-electron chi connectivity index (χ1n) is 7.87. The molecule has 1 aromatic carbocycles. The molecule has 2 rings (SSSR count). The number of ether oxygens (including phenoxy) is 2. The standard InChI is InChI=1S/C18H24N4O2.HI/c1-19-18(21-10-11-23-2)22-13-15-6-5-8-17(12-15)24-14-16-7-3-4-9-20-16;/h3-9,12H,10-11,13-14H2,1-2H3,(H2,19,21,22);1H. The summed E-state index contributed by atoms with van der Waals surface area (Å²) in [5, 5.41) is 6.44. The van der Waals surface area contributed by atoms with Gasteiger partial charge < -0.3 is 20.1 Å². The van der Waals surface area contributed by atoms with Crippen LogP contribution in [0, 0.1) is 0 Å². The maximum Gasteiger partial charge on any atom is 0.191 e. The molecule has 0 amide bonds. The Morgan fingerprint density at radius 1 is 1.16 bits per heavy atom. The van der Waals surface area contributed by atoms with Crippen LogP contribution in [0.5, 0.6) is 5.75 Å². The number of aliphatic imine (C=N–C) groups is 1. The van der Waals surface area contributed by atoms with Crippen molar-refractivity contribution in [3.05, 3.63) is 59.9 Å². The van der Waals surface area contributed by atoms with Gasteiger partial charge in [0.15, 0.2) is 5.96 Å². The molecule has 0 aliphatic rings. The molecular weight excluding hydrogens is 431 g/mol. The molecule has 0 radical (unpaired) electrons. The van der Waals surface area contributed by atoms with E-state index >= 15 is 0 Å². The number of nitrogens with one attached hydrogen (secondary N) is 2. The molecule has 0 saturated carbocycles. The quantitative estimate of drug-likeness (QED) is 0.277. The predicted molar refractivity (Wildman–Crippen MR) is 111 cm³/mol. The fourth-order valence-corrected chi connectivity index (χ4v) is 2.06. The third-order valence-electron chi connectivity index (χ3n) is 3.29. The Morgan fingerprint density at radius 2 is 2.04 bits per heavy atom. The van der Waals surface area contributed by atoms with E-state index in [4.69, 9.17) is 9.47 Å². The smallest absolute Gasteiger partial charge is 0.191 e. The highest BCUT2D eigenvalue weighted by Crippen LogP contribution is 2.14. The maximum absolute atomic E-state index is 5.79. The van der Waals surface area contributed by atoms with Crippen molar-refractivity contribution in [2.75, 3.05) is 27.3 Å². The number of hydrogen-bond donors (Lipinski definition) is 2. The summed E-state index contributed by atoms with van der Waals surface area (Å²) in [4.78, 5) is 8.42. The minimum atomic E-state index is 0. The van der Waals surface area contributed by atoms with Crippen LogP contribution >= 0.6 is 24.0 Å². The van der Waals surface area contributed by atoms with Crippen molar-refractivity contribution < 1.29 is 9.47 Å². The first-order chi connectivity index (χ1) is 11.8. The van der Waals surface area contributed by atoms with Gasteiger partial charge in [0.2, 0.25) is 0 Å². The van der Waals surface area contributed by atoms with Gasteiger partial charge in [0, 0.05) is 33.4 Å². The SMILES string of the molecule is CN=C(NCCOC)NCc1cccc(OCc2ccccn2)c1.I. The van der Waals surface area contributed by atoms with Crippen LogP contribution in [-0.2, 0) is 17.9 Å². The second kappa shape index (κ2) is 12.5. The number of nitrogens with zero attached hydrogens (tertiary/aromatic N) is 2. The van der Waals surface area contributed by atoms with E-state index in [0.717, 1.165) is 23.0 Å². The monoisotopic (exact) mass is 456 g/mol. The van der Waals surface area contributed by atoms with Gasteiger partial charge in [-0.2, -0.15) is 0 Å². The van der Waals surface area contributed by atoms with Crippen LogP contribution in [0.2, 0.25) is 0 Å². The van der Waals surface area contributed by atoms with Crippen molar-refractivity contribution in [1.82, 2.24) is 15.6 Å². The molecule has 1 aromatic heterocycles. The van der Waals surface area contributed by atoms with Gasteiger partial charge in [0.25, 0.3) is 0 Å². The number of benzene rings is 1. The number of methoxy groups -OCH3 is 1.